The van der Waals surface area contributed by atoms with Crippen LogP contribution in [0.15, 0.2) is 18.2 Å². The van der Waals surface area contributed by atoms with Crippen LogP contribution in [0.4, 0.5) is 4.39 Å². The Kier molecular flexibility index (Phi) is 6.16. The average molecular weight is 390 g/mol. The Morgan fingerprint density at radius 1 is 1.14 bits per heavy atom. The Hall–Kier alpha value is -1.66. The molecule has 1 saturated carbocycles. The van der Waals surface area contributed by atoms with Gasteiger partial charge in [0.25, 0.3) is 5.91 Å². The molecule has 0 aromatic heterocycles. The van der Waals surface area contributed by atoms with E-state index in [-0.39, 0.29) is 23.6 Å². The van der Waals surface area contributed by atoms with Crippen LogP contribution in [0.3, 0.4) is 0 Å². The Morgan fingerprint density at radius 3 is 2.64 bits per heavy atom. The van der Waals surface area contributed by atoms with Crippen molar-refractivity contribution < 1.29 is 18.7 Å². The monoisotopic (exact) mass is 390 g/mol. The summed E-state index contributed by atoms with van der Waals surface area (Å²) >= 11 is 0. The quantitative estimate of drug-likeness (QED) is 0.746. The van der Waals surface area contributed by atoms with Crippen LogP contribution in [0.1, 0.15) is 55.3 Å². The number of hydrogen-bond donors (Lipinski definition) is 0. The van der Waals surface area contributed by atoms with Crippen molar-refractivity contribution in [3.05, 3.63) is 29.6 Å². The molecule has 28 heavy (non-hydrogen) atoms. The van der Waals surface area contributed by atoms with Gasteiger partial charge in [-0.25, -0.2) is 4.39 Å². The molecular weight excluding hydrogens is 359 g/mol. The van der Waals surface area contributed by atoms with Gasteiger partial charge >= 0.3 is 0 Å². The van der Waals surface area contributed by atoms with Gasteiger partial charge in [-0.2, -0.15) is 0 Å². The Balaban J connectivity index is 1.33. The summed E-state index contributed by atoms with van der Waals surface area (Å²) in [5.74, 6) is -0.235. The van der Waals surface area contributed by atoms with E-state index < -0.39 is 5.82 Å². The number of carbonyl (C=O) groups excluding carboxylic acids is 1. The first-order valence-electron chi connectivity index (χ1n) is 10.7. The van der Waals surface area contributed by atoms with E-state index in [1.165, 1.54) is 38.4 Å². The number of hydrogen-bond acceptors (Lipinski definition) is 4. The maximum Gasteiger partial charge on any atom is 0.257 e. The average Bonchev–Trinajstić information content (AvgIpc) is 3.13. The molecule has 6 heteroatoms. The molecule has 0 bridgehead atoms. The van der Waals surface area contributed by atoms with Gasteiger partial charge in [0.1, 0.15) is 17.7 Å². The Morgan fingerprint density at radius 2 is 1.93 bits per heavy atom. The van der Waals surface area contributed by atoms with Gasteiger partial charge in [0, 0.05) is 38.6 Å². The maximum atomic E-state index is 14.6. The van der Waals surface area contributed by atoms with Gasteiger partial charge in [-0.1, -0.05) is 6.42 Å². The number of methoxy groups -OCH3 is 1. The molecule has 2 aliphatic heterocycles. The van der Waals surface area contributed by atoms with E-state index in [2.05, 4.69) is 4.90 Å². The molecule has 0 radical (unpaired) electrons. The third kappa shape index (κ3) is 4.18. The summed E-state index contributed by atoms with van der Waals surface area (Å²) in [4.78, 5) is 17.1. The molecule has 1 aliphatic carbocycles. The van der Waals surface area contributed by atoms with Crippen LogP contribution >= 0.6 is 0 Å². The molecule has 1 unspecified atom stereocenters. The molecule has 2 heterocycles. The molecule has 0 spiro atoms. The van der Waals surface area contributed by atoms with E-state index in [0.29, 0.717) is 24.9 Å². The van der Waals surface area contributed by atoms with Crippen LogP contribution in [-0.2, 0) is 4.74 Å². The molecule has 1 amide bonds. The van der Waals surface area contributed by atoms with Crippen LogP contribution in [0.5, 0.6) is 5.75 Å². The topological polar surface area (TPSA) is 42.0 Å². The van der Waals surface area contributed by atoms with Crippen molar-refractivity contribution in [2.45, 2.75) is 63.1 Å². The summed E-state index contributed by atoms with van der Waals surface area (Å²) in [7, 11) is 1.63. The van der Waals surface area contributed by atoms with E-state index in [9.17, 15) is 9.18 Å². The lowest BCUT2D eigenvalue weighted by Gasteiger charge is -2.44. The zero-order valence-electron chi connectivity index (χ0n) is 16.7. The highest BCUT2D eigenvalue weighted by Crippen LogP contribution is 2.32. The van der Waals surface area contributed by atoms with Gasteiger partial charge in [-0.3, -0.25) is 4.79 Å². The minimum Gasteiger partial charge on any atom is -0.490 e. The Labute approximate surface area is 166 Å². The lowest BCUT2D eigenvalue weighted by molar-refractivity contribution is 0.00878. The lowest BCUT2D eigenvalue weighted by atomic mass is 9.86. The first-order valence-corrected chi connectivity index (χ1v) is 10.7. The minimum absolute atomic E-state index is 0.0366. The predicted octanol–water partition coefficient (Wildman–Crippen LogP) is 3.47. The third-order valence-corrected chi connectivity index (χ3v) is 6.45. The standard InChI is InChI=1S/C22H31FN2O3/c1-27-15-16-6-5-11-25(16)22(26)20-8-7-18(14-21(20)23)28-19-12-17(13-19)24-9-3-2-4-10-24/h7-8,14,16-17,19H,2-6,9-13,15H2,1H3. The lowest BCUT2D eigenvalue weighted by Crippen LogP contribution is -2.50. The number of ether oxygens (including phenoxy) is 2. The summed E-state index contributed by atoms with van der Waals surface area (Å²) in [6, 6.07) is 5.31. The van der Waals surface area contributed by atoms with Crippen molar-refractivity contribution in [1.29, 1.82) is 0 Å². The zero-order valence-corrected chi connectivity index (χ0v) is 16.7. The van der Waals surface area contributed by atoms with Crippen LogP contribution < -0.4 is 4.74 Å². The van der Waals surface area contributed by atoms with E-state index in [0.717, 1.165) is 25.7 Å². The summed E-state index contributed by atoms with van der Waals surface area (Å²) < 4.78 is 25.8. The predicted molar refractivity (Wildman–Crippen MR) is 105 cm³/mol. The molecule has 3 aliphatic rings. The van der Waals surface area contributed by atoms with E-state index in [1.54, 1.807) is 24.1 Å². The van der Waals surface area contributed by atoms with Gasteiger partial charge in [0.15, 0.2) is 0 Å². The number of rotatable bonds is 6. The molecule has 1 aromatic rings. The van der Waals surface area contributed by atoms with Gasteiger partial charge in [-0.15, -0.1) is 0 Å². The number of carbonyl (C=O) groups is 1. The number of nitrogens with zero attached hydrogens (tertiary/aromatic N) is 2. The second-order valence-electron chi connectivity index (χ2n) is 8.35. The van der Waals surface area contributed by atoms with Crippen molar-refractivity contribution in [1.82, 2.24) is 9.80 Å². The van der Waals surface area contributed by atoms with Gasteiger partial charge in [0.05, 0.1) is 18.2 Å². The molecule has 154 valence electrons. The molecule has 2 saturated heterocycles. The van der Waals surface area contributed by atoms with Gasteiger partial charge < -0.3 is 19.3 Å². The number of amides is 1. The van der Waals surface area contributed by atoms with Crippen molar-refractivity contribution in [2.75, 3.05) is 33.4 Å². The van der Waals surface area contributed by atoms with Crippen LogP contribution in [0.25, 0.3) is 0 Å². The third-order valence-electron chi connectivity index (χ3n) is 6.45. The van der Waals surface area contributed by atoms with Crippen molar-refractivity contribution >= 4 is 5.91 Å². The maximum absolute atomic E-state index is 14.6. The van der Waals surface area contributed by atoms with Gasteiger partial charge in [-0.05, 0) is 50.9 Å². The number of halogens is 1. The fourth-order valence-corrected chi connectivity index (χ4v) is 4.77. The first kappa shape index (κ1) is 19.6. The Bertz CT molecular complexity index is 686. The zero-order chi connectivity index (χ0) is 19.5. The summed E-state index contributed by atoms with van der Waals surface area (Å²) in [6.07, 6.45) is 7.94. The summed E-state index contributed by atoms with van der Waals surface area (Å²) in [6.45, 7) is 3.55. The molecule has 1 aromatic carbocycles. The highest BCUT2D eigenvalue weighted by molar-refractivity contribution is 5.95. The molecule has 4 rings (SSSR count). The minimum atomic E-state index is -0.502. The number of piperidine rings is 1. The van der Waals surface area contributed by atoms with Crippen LogP contribution in [0, 0.1) is 5.82 Å². The smallest absolute Gasteiger partial charge is 0.257 e. The van der Waals surface area contributed by atoms with Crippen LogP contribution in [0.2, 0.25) is 0 Å². The van der Waals surface area contributed by atoms with E-state index in [1.807, 2.05) is 0 Å². The molecule has 1 atom stereocenters. The van der Waals surface area contributed by atoms with E-state index in [4.69, 9.17) is 9.47 Å². The highest BCUT2D eigenvalue weighted by atomic mass is 19.1. The van der Waals surface area contributed by atoms with Crippen molar-refractivity contribution in [3.8, 4) is 5.75 Å². The first-order chi connectivity index (χ1) is 13.7. The molecule has 0 N–H and O–H groups in total. The summed E-state index contributed by atoms with van der Waals surface area (Å²) in [5.41, 5.74) is 0.121. The highest BCUT2D eigenvalue weighted by Gasteiger charge is 2.36. The molecule has 3 fully saturated rings. The second-order valence-corrected chi connectivity index (χ2v) is 8.35. The number of benzene rings is 1. The normalized spacial score (nSPS) is 28.2. The fourth-order valence-electron chi connectivity index (χ4n) is 4.77. The molecular formula is C22H31FN2O3. The van der Waals surface area contributed by atoms with E-state index >= 15 is 0 Å². The second kappa shape index (κ2) is 8.78. The summed E-state index contributed by atoms with van der Waals surface area (Å²) in [5, 5.41) is 0. The van der Waals surface area contributed by atoms with Crippen LogP contribution in [-0.4, -0.2) is 67.2 Å². The van der Waals surface area contributed by atoms with Crippen molar-refractivity contribution in [3.63, 3.8) is 0 Å². The van der Waals surface area contributed by atoms with Gasteiger partial charge in [0.2, 0.25) is 0 Å². The fraction of sp³-hybridized carbons (Fsp3) is 0.682. The largest absolute Gasteiger partial charge is 0.490 e. The van der Waals surface area contributed by atoms with Crippen molar-refractivity contribution in [2.24, 2.45) is 0 Å². The SMILES string of the molecule is COCC1CCCN1C(=O)c1ccc(OC2CC(N3CCCCC3)C2)cc1F. The molecule has 5 nitrogen and oxygen atoms in total. The number of likely N-dealkylation sites (tertiary alicyclic amines) is 2.